The molecule has 2 nitrogen and oxygen atoms in total. The molecule has 0 spiro atoms. The quantitative estimate of drug-likeness (QED) is 0.648. The molecule has 2 rings (SSSR count). The molecule has 0 N–H and O–H groups in total. The molecule has 0 heterocycles. The molecule has 3 heteroatoms. The molecule has 0 saturated carbocycles. The molecule has 0 bridgehead atoms. The highest BCUT2D eigenvalue weighted by Gasteiger charge is 2.11. The molecule has 0 radical (unpaired) electrons. The Labute approximate surface area is 139 Å². The summed E-state index contributed by atoms with van der Waals surface area (Å²) in [5.74, 6) is 0.955. The van der Waals surface area contributed by atoms with Gasteiger partial charge in [0, 0.05) is 9.49 Å². The van der Waals surface area contributed by atoms with E-state index in [2.05, 4.69) is 46.9 Å². The summed E-state index contributed by atoms with van der Waals surface area (Å²) in [7, 11) is 0. The van der Waals surface area contributed by atoms with Crippen molar-refractivity contribution in [3.05, 3.63) is 52.1 Å². The number of carbonyl (C=O) groups excluding carboxylic acids is 1. The molecular formula is C18H19IO2. The highest BCUT2D eigenvalue weighted by atomic mass is 127. The molecule has 0 aliphatic rings. The monoisotopic (exact) mass is 394 g/mol. The van der Waals surface area contributed by atoms with Crippen LogP contribution in [0.5, 0.6) is 5.75 Å². The van der Waals surface area contributed by atoms with E-state index in [-0.39, 0.29) is 18.3 Å². The van der Waals surface area contributed by atoms with Gasteiger partial charge in [0.05, 0.1) is 0 Å². The SMILES string of the molecule is CCC(C)C(=O)COc1ccc(-c2ccc(I)cc2)cc1. The number of ether oxygens (including phenoxy) is 1. The van der Waals surface area contributed by atoms with Gasteiger partial charge in [0.1, 0.15) is 12.4 Å². The highest BCUT2D eigenvalue weighted by Crippen LogP contribution is 2.23. The number of carbonyl (C=O) groups is 1. The van der Waals surface area contributed by atoms with E-state index >= 15 is 0 Å². The minimum absolute atomic E-state index is 0.0658. The van der Waals surface area contributed by atoms with E-state index in [4.69, 9.17) is 4.74 Å². The van der Waals surface area contributed by atoms with Crippen LogP contribution in [0.2, 0.25) is 0 Å². The second kappa shape index (κ2) is 7.59. The van der Waals surface area contributed by atoms with Crippen LogP contribution in [0.3, 0.4) is 0 Å². The lowest BCUT2D eigenvalue weighted by atomic mass is 10.0. The van der Waals surface area contributed by atoms with E-state index < -0.39 is 0 Å². The molecule has 0 amide bonds. The van der Waals surface area contributed by atoms with Crippen LogP contribution in [0.1, 0.15) is 20.3 Å². The lowest BCUT2D eigenvalue weighted by molar-refractivity contribution is -0.124. The van der Waals surface area contributed by atoms with Crippen LogP contribution >= 0.6 is 22.6 Å². The van der Waals surface area contributed by atoms with Gasteiger partial charge in [0.15, 0.2) is 5.78 Å². The van der Waals surface area contributed by atoms with Gasteiger partial charge in [0.25, 0.3) is 0 Å². The van der Waals surface area contributed by atoms with Gasteiger partial charge in [-0.2, -0.15) is 0 Å². The summed E-state index contributed by atoms with van der Waals surface area (Å²) in [5.41, 5.74) is 2.32. The Hall–Kier alpha value is -1.36. The predicted molar refractivity (Wildman–Crippen MR) is 94.6 cm³/mol. The second-order valence-electron chi connectivity index (χ2n) is 5.10. The zero-order valence-electron chi connectivity index (χ0n) is 12.3. The fourth-order valence-corrected chi connectivity index (χ4v) is 2.27. The second-order valence-corrected chi connectivity index (χ2v) is 6.34. The maximum atomic E-state index is 11.7. The van der Waals surface area contributed by atoms with E-state index in [0.29, 0.717) is 0 Å². The molecule has 0 aliphatic heterocycles. The Morgan fingerprint density at radius 2 is 1.57 bits per heavy atom. The van der Waals surface area contributed by atoms with Crippen molar-refractivity contribution >= 4 is 28.4 Å². The summed E-state index contributed by atoms with van der Waals surface area (Å²) >= 11 is 2.29. The Balaban J connectivity index is 1.99. The van der Waals surface area contributed by atoms with Crippen LogP contribution in [0.15, 0.2) is 48.5 Å². The van der Waals surface area contributed by atoms with Crippen molar-refractivity contribution in [2.24, 2.45) is 5.92 Å². The topological polar surface area (TPSA) is 26.3 Å². The predicted octanol–water partition coefficient (Wildman–Crippen LogP) is 4.95. The van der Waals surface area contributed by atoms with Crippen LogP contribution in [-0.2, 0) is 4.79 Å². The molecule has 2 aromatic carbocycles. The van der Waals surface area contributed by atoms with E-state index in [1.54, 1.807) is 0 Å². The van der Waals surface area contributed by atoms with Crippen LogP contribution in [-0.4, -0.2) is 12.4 Å². The van der Waals surface area contributed by atoms with Gasteiger partial charge in [-0.15, -0.1) is 0 Å². The molecule has 0 fully saturated rings. The third kappa shape index (κ3) is 4.56. The zero-order valence-corrected chi connectivity index (χ0v) is 14.5. The number of ketones is 1. The molecule has 0 aromatic heterocycles. The summed E-state index contributed by atoms with van der Waals surface area (Å²) in [4.78, 5) is 11.7. The molecule has 2 aromatic rings. The average Bonchev–Trinajstić information content (AvgIpc) is 2.53. The molecular weight excluding hydrogens is 375 g/mol. The average molecular weight is 394 g/mol. The standard InChI is InChI=1S/C18H19IO2/c1-3-13(2)18(20)12-21-17-10-6-15(7-11-17)14-4-8-16(19)9-5-14/h4-11,13H,3,12H2,1-2H3. The Morgan fingerprint density at radius 3 is 2.10 bits per heavy atom. The van der Waals surface area contributed by atoms with Gasteiger partial charge in [0.2, 0.25) is 0 Å². The number of benzene rings is 2. The fraction of sp³-hybridized carbons (Fsp3) is 0.278. The van der Waals surface area contributed by atoms with Gasteiger partial charge in [-0.25, -0.2) is 0 Å². The largest absolute Gasteiger partial charge is 0.486 e. The molecule has 21 heavy (non-hydrogen) atoms. The van der Waals surface area contributed by atoms with Gasteiger partial charge < -0.3 is 4.74 Å². The van der Waals surface area contributed by atoms with E-state index in [0.717, 1.165) is 17.7 Å². The Morgan fingerprint density at radius 1 is 1.05 bits per heavy atom. The first-order valence-electron chi connectivity index (χ1n) is 7.11. The van der Waals surface area contributed by atoms with Crippen molar-refractivity contribution < 1.29 is 9.53 Å². The third-order valence-corrected chi connectivity index (χ3v) is 4.29. The third-order valence-electron chi connectivity index (χ3n) is 3.57. The van der Waals surface area contributed by atoms with E-state index in [1.165, 1.54) is 9.13 Å². The summed E-state index contributed by atoms with van der Waals surface area (Å²) in [6.07, 6.45) is 0.855. The number of hydrogen-bond acceptors (Lipinski definition) is 2. The minimum atomic E-state index is 0.0658. The first-order chi connectivity index (χ1) is 10.1. The Bertz CT molecular complexity index is 588. The number of halogens is 1. The van der Waals surface area contributed by atoms with E-state index in [9.17, 15) is 4.79 Å². The van der Waals surface area contributed by atoms with Crippen molar-refractivity contribution in [2.45, 2.75) is 20.3 Å². The summed E-state index contributed by atoms with van der Waals surface area (Å²) < 4.78 is 6.77. The summed E-state index contributed by atoms with van der Waals surface area (Å²) in [6, 6.07) is 16.2. The van der Waals surface area contributed by atoms with E-state index in [1.807, 2.05) is 38.1 Å². The van der Waals surface area contributed by atoms with Crippen LogP contribution in [0, 0.1) is 9.49 Å². The summed E-state index contributed by atoms with van der Waals surface area (Å²) in [6.45, 7) is 4.10. The number of rotatable bonds is 6. The van der Waals surface area contributed by atoms with Crippen LogP contribution < -0.4 is 4.74 Å². The lowest BCUT2D eigenvalue weighted by Gasteiger charge is -2.10. The molecule has 1 unspecified atom stereocenters. The molecule has 1 atom stereocenters. The van der Waals surface area contributed by atoms with Crippen LogP contribution in [0.4, 0.5) is 0 Å². The first-order valence-corrected chi connectivity index (χ1v) is 8.19. The molecule has 0 aliphatic carbocycles. The minimum Gasteiger partial charge on any atom is -0.486 e. The number of Topliss-reactive ketones (excluding diaryl/α,β-unsaturated/α-hetero) is 1. The van der Waals surface area contributed by atoms with Gasteiger partial charge in [-0.1, -0.05) is 38.1 Å². The highest BCUT2D eigenvalue weighted by molar-refractivity contribution is 14.1. The van der Waals surface area contributed by atoms with Gasteiger partial charge in [-0.05, 0) is 64.4 Å². The van der Waals surface area contributed by atoms with Crippen molar-refractivity contribution in [2.75, 3.05) is 6.61 Å². The van der Waals surface area contributed by atoms with Crippen molar-refractivity contribution in [1.29, 1.82) is 0 Å². The lowest BCUT2D eigenvalue weighted by Crippen LogP contribution is -2.18. The molecule has 0 saturated heterocycles. The normalized spacial score (nSPS) is 12.0. The maximum Gasteiger partial charge on any atom is 0.172 e. The maximum absolute atomic E-state index is 11.7. The first kappa shape index (κ1) is 16.0. The smallest absolute Gasteiger partial charge is 0.172 e. The van der Waals surface area contributed by atoms with Crippen LogP contribution in [0.25, 0.3) is 11.1 Å². The fourth-order valence-electron chi connectivity index (χ4n) is 1.91. The van der Waals surface area contributed by atoms with Gasteiger partial charge >= 0.3 is 0 Å². The van der Waals surface area contributed by atoms with Crippen molar-refractivity contribution in [3.63, 3.8) is 0 Å². The summed E-state index contributed by atoms with van der Waals surface area (Å²) in [5, 5.41) is 0. The zero-order chi connectivity index (χ0) is 15.2. The van der Waals surface area contributed by atoms with Crippen molar-refractivity contribution in [1.82, 2.24) is 0 Å². The Kier molecular flexibility index (Phi) is 5.79. The molecule has 110 valence electrons. The van der Waals surface area contributed by atoms with Gasteiger partial charge in [-0.3, -0.25) is 4.79 Å². The number of hydrogen-bond donors (Lipinski definition) is 0. The van der Waals surface area contributed by atoms with Crippen molar-refractivity contribution in [3.8, 4) is 16.9 Å².